The minimum Gasteiger partial charge on any atom is -0.378 e. The Kier molecular flexibility index (Phi) is 3.62. The minimum atomic E-state index is 0.102. The van der Waals surface area contributed by atoms with E-state index in [2.05, 4.69) is 4.90 Å². The van der Waals surface area contributed by atoms with Crippen LogP contribution in [0.15, 0.2) is 42.5 Å². The molecule has 1 aliphatic heterocycles. The van der Waals surface area contributed by atoms with Gasteiger partial charge in [-0.15, -0.1) is 11.3 Å². The number of rotatable bonds is 3. The predicted octanol–water partition coefficient (Wildman–Crippen LogP) is 2.82. The van der Waals surface area contributed by atoms with Gasteiger partial charge in [0.1, 0.15) is 0 Å². The third kappa shape index (κ3) is 2.69. The number of benzene rings is 1. The lowest BCUT2D eigenvalue weighted by Gasteiger charge is -2.27. The topological polar surface area (TPSA) is 29.5 Å². The van der Waals surface area contributed by atoms with Crippen molar-refractivity contribution in [1.29, 1.82) is 0 Å². The molecule has 2 heterocycles. The zero-order valence-corrected chi connectivity index (χ0v) is 11.4. The van der Waals surface area contributed by atoms with Crippen molar-refractivity contribution >= 4 is 22.1 Å². The van der Waals surface area contributed by atoms with Crippen LogP contribution in [0.5, 0.6) is 0 Å². The van der Waals surface area contributed by atoms with Gasteiger partial charge in [0, 0.05) is 18.7 Å². The van der Waals surface area contributed by atoms with Crippen LogP contribution in [0.25, 0.3) is 0 Å². The molecule has 0 saturated carbocycles. The molecule has 0 spiro atoms. The first-order valence-electron chi connectivity index (χ1n) is 6.37. The van der Waals surface area contributed by atoms with Crippen molar-refractivity contribution in [3.8, 4) is 0 Å². The molecule has 0 bridgehead atoms. The van der Waals surface area contributed by atoms with Gasteiger partial charge in [0.2, 0.25) is 5.78 Å². The van der Waals surface area contributed by atoms with Gasteiger partial charge < -0.3 is 9.64 Å². The Morgan fingerprint density at radius 2 is 1.79 bits per heavy atom. The molecule has 3 rings (SSSR count). The summed E-state index contributed by atoms with van der Waals surface area (Å²) in [5.41, 5.74) is 0.748. The Bertz CT molecular complexity index is 559. The lowest BCUT2D eigenvalue weighted by Crippen LogP contribution is -2.35. The summed E-state index contributed by atoms with van der Waals surface area (Å²) in [6, 6.07) is 13.4. The maximum atomic E-state index is 12.3. The number of thiophene rings is 1. The number of carbonyl (C=O) groups is 1. The lowest BCUT2D eigenvalue weighted by atomic mass is 10.1. The third-order valence-electron chi connectivity index (χ3n) is 3.17. The van der Waals surface area contributed by atoms with E-state index in [0.717, 1.165) is 41.7 Å². The molecule has 1 aromatic carbocycles. The van der Waals surface area contributed by atoms with E-state index in [0.29, 0.717) is 0 Å². The molecule has 0 unspecified atom stereocenters. The van der Waals surface area contributed by atoms with E-state index in [1.807, 2.05) is 42.5 Å². The van der Waals surface area contributed by atoms with Crippen LogP contribution in [-0.2, 0) is 4.74 Å². The molecule has 0 atom stereocenters. The maximum Gasteiger partial charge on any atom is 0.203 e. The highest BCUT2D eigenvalue weighted by Crippen LogP contribution is 2.28. The van der Waals surface area contributed by atoms with Crippen molar-refractivity contribution in [2.75, 3.05) is 31.2 Å². The second-order valence-electron chi connectivity index (χ2n) is 4.43. The standard InChI is InChI=1S/C15H15NO2S/c17-15(12-4-2-1-3-5-12)13-6-7-14(19-13)16-8-10-18-11-9-16/h1-7H,8-11H2. The highest BCUT2D eigenvalue weighted by molar-refractivity contribution is 7.18. The molecule has 1 aromatic heterocycles. The van der Waals surface area contributed by atoms with Gasteiger partial charge in [0.15, 0.2) is 0 Å². The molecule has 4 heteroatoms. The van der Waals surface area contributed by atoms with E-state index < -0.39 is 0 Å². The zero-order valence-electron chi connectivity index (χ0n) is 10.5. The van der Waals surface area contributed by atoms with Crippen LogP contribution >= 0.6 is 11.3 Å². The molecule has 19 heavy (non-hydrogen) atoms. The Morgan fingerprint density at radius 3 is 2.53 bits per heavy atom. The fourth-order valence-corrected chi connectivity index (χ4v) is 3.15. The van der Waals surface area contributed by atoms with Crippen LogP contribution in [0.2, 0.25) is 0 Å². The second-order valence-corrected chi connectivity index (χ2v) is 5.49. The van der Waals surface area contributed by atoms with Gasteiger partial charge in [-0.25, -0.2) is 0 Å². The molecule has 3 nitrogen and oxygen atoms in total. The van der Waals surface area contributed by atoms with E-state index in [-0.39, 0.29) is 5.78 Å². The van der Waals surface area contributed by atoms with Crippen molar-refractivity contribution in [3.63, 3.8) is 0 Å². The fraction of sp³-hybridized carbons (Fsp3) is 0.267. The van der Waals surface area contributed by atoms with Crippen LogP contribution in [-0.4, -0.2) is 32.1 Å². The zero-order chi connectivity index (χ0) is 13.1. The Balaban J connectivity index is 1.79. The highest BCUT2D eigenvalue weighted by atomic mass is 32.1. The Labute approximate surface area is 116 Å². The number of carbonyl (C=O) groups excluding carboxylic acids is 1. The van der Waals surface area contributed by atoms with Crippen LogP contribution in [0.1, 0.15) is 15.2 Å². The average Bonchev–Trinajstić information content (AvgIpc) is 2.98. The summed E-state index contributed by atoms with van der Waals surface area (Å²) in [4.78, 5) is 15.4. The van der Waals surface area contributed by atoms with E-state index in [1.165, 1.54) is 0 Å². The average molecular weight is 273 g/mol. The quantitative estimate of drug-likeness (QED) is 0.805. The van der Waals surface area contributed by atoms with Gasteiger partial charge in [-0.05, 0) is 12.1 Å². The van der Waals surface area contributed by atoms with Crippen molar-refractivity contribution in [2.45, 2.75) is 0 Å². The van der Waals surface area contributed by atoms with Crippen molar-refractivity contribution in [3.05, 3.63) is 52.9 Å². The summed E-state index contributed by atoms with van der Waals surface area (Å²) in [5, 5.41) is 1.16. The minimum absolute atomic E-state index is 0.102. The summed E-state index contributed by atoms with van der Waals surface area (Å²) in [6.45, 7) is 3.33. The van der Waals surface area contributed by atoms with Gasteiger partial charge in [-0.3, -0.25) is 4.79 Å². The predicted molar refractivity (Wildman–Crippen MR) is 77.2 cm³/mol. The van der Waals surface area contributed by atoms with Crippen LogP contribution in [0.3, 0.4) is 0 Å². The number of anilines is 1. The van der Waals surface area contributed by atoms with Gasteiger partial charge in [0.25, 0.3) is 0 Å². The summed E-state index contributed by atoms with van der Waals surface area (Å²) in [5.74, 6) is 0.102. The molecule has 1 saturated heterocycles. The maximum absolute atomic E-state index is 12.3. The van der Waals surface area contributed by atoms with E-state index in [9.17, 15) is 4.79 Å². The molecule has 0 aliphatic carbocycles. The van der Waals surface area contributed by atoms with Gasteiger partial charge in [-0.1, -0.05) is 30.3 Å². The third-order valence-corrected chi connectivity index (χ3v) is 4.32. The largest absolute Gasteiger partial charge is 0.378 e. The van der Waals surface area contributed by atoms with E-state index in [4.69, 9.17) is 4.74 Å². The summed E-state index contributed by atoms with van der Waals surface area (Å²) < 4.78 is 5.34. The number of ether oxygens (including phenoxy) is 1. The smallest absolute Gasteiger partial charge is 0.203 e. The van der Waals surface area contributed by atoms with Gasteiger partial charge >= 0.3 is 0 Å². The highest BCUT2D eigenvalue weighted by Gasteiger charge is 2.16. The number of hydrogen-bond donors (Lipinski definition) is 0. The molecule has 98 valence electrons. The molecule has 0 radical (unpaired) electrons. The summed E-state index contributed by atoms with van der Waals surface area (Å²) in [6.07, 6.45) is 0. The lowest BCUT2D eigenvalue weighted by molar-refractivity contribution is 0.104. The molecule has 0 N–H and O–H groups in total. The van der Waals surface area contributed by atoms with Crippen molar-refractivity contribution in [2.24, 2.45) is 0 Å². The summed E-state index contributed by atoms with van der Waals surface area (Å²) >= 11 is 1.56. The summed E-state index contributed by atoms with van der Waals surface area (Å²) in [7, 11) is 0. The second kappa shape index (κ2) is 5.55. The van der Waals surface area contributed by atoms with Crippen LogP contribution in [0, 0.1) is 0 Å². The first kappa shape index (κ1) is 12.4. The molecule has 2 aromatic rings. The Morgan fingerprint density at radius 1 is 1.05 bits per heavy atom. The van der Waals surface area contributed by atoms with Crippen LogP contribution in [0.4, 0.5) is 5.00 Å². The molecule has 1 fully saturated rings. The molecule has 1 aliphatic rings. The molecular formula is C15H15NO2S. The number of morpholine rings is 1. The van der Waals surface area contributed by atoms with Crippen molar-refractivity contribution in [1.82, 2.24) is 0 Å². The number of nitrogens with zero attached hydrogens (tertiary/aromatic N) is 1. The van der Waals surface area contributed by atoms with Crippen LogP contribution < -0.4 is 4.90 Å². The SMILES string of the molecule is O=C(c1ccccc1)c1ccc(N2CCOCC2)s1. The first-order chi connectivity index (χ1) is 9.34. The number of hydrogen-bond acceptors (Lipinski definition) is 4. The monoisotopic (exact) mass is 273 g/mol. The molecule has 0 amide bonds. The normalized spacial score (nSPS) is 15.5. The molecular weight excluding hydrogens is 258 g/mol. The van der Waals surface area contributed by atoms with Gasteiger partial charge in [-0.2, -0.15) is 0 Å². The Hall–Kier alpha value is -1.65. The van der Waals surface area contributed by atoms with E-state index >= 15 is 0 Å². The fourth-order valence-electron chi connectivity index (χ4n) is 2.14. The number of ketones is 1. The van der Waals surface area contributed by atoms with E-state index in [1.54, 1.807) is 11.3 Å². The van der Waals surface area contributed by atoms with Crippen molar-refractivity contribution < 1.29 is 9.53 Å². The first-order valence-corrected chi connectivity index (χ1v) is 7.18. The van der Waals surface area contributed by atoms with Gasteiger partial charge in [0.05, 0.1) is 23.1 Å².